The Balaban J connectivity index is 1.45. The highest BCUT2D eigenvalue weighted by molar-refractivity contribution is 7.99. The van der Waals surface area contributed by atoms with Crippen LogP contribution < -0.4 is 0 Å². The maximum absolute atomic E-state index is 12.2. The van der Waals surface area contributed by atoms with Crippen LogP contribution in [0.3, 0.4) is 0 Å². The van der Waals surface area contributed by atoms with Crippen molar-refractivity contribution < 1.29 is 9.59 Å². The second-order valence-electron chi connectivity index (χ2n) is 5.28. The fraction of sp³-hybridized carbons (Fsp3) is 0.375. The van der Waals surface area contributed by atoms with Gasteiger partial charge in [0, 0.05) is 18.7 Å². The van der Waals surface area contributed by atoms with Gasteiger partial charge in [-0.05, 0) is 25.0 Å². The Hall–Kier alpha value is -2.15. The first-order chi connectivity index (χ1) is 11.2. The molecule has 0 bridgehead atoms. The van der Waals surface area contributed by atoms with Gasteiger partial charge in [-0.15, -0.1) is 5.10 Å². The highest BCUT2D eigenvalue weighted by Gasteiger charge is 2.34. The Labute approximate surface area is 138 Å². The van der Waals surface area contributed by atoms with Crippen LogP contribution in [-0.4, -0.2) is 44.2 Å². The van der Waals surface area contributed by atoms with Gasteiger partial charge in [0.2, 0.25) is 5.16 Å². The van der Waals surface area contributed by atoms with Crippen LogP contribution in [0.5, 0.6) is 0 Å². The van der Waals surface area contributed by atoms with Crippen molar-refractivity contribution in [2.24, 2.45) is 0 Å². The van der Waals surface area contributed by atoms with Crippen LogP contribution in [0.15, 0.2) is 29.4 Å². The second-order valence-corrected chi connectivity index (χ2v) is 6.34. The van der Waals surface area contributed by atoms with E-state index in [1.807, 2.05) is 6.92 Å². The van der Waals surface area contributed by atoms with Crippen LogP contribution in [0.25, 0.3) is 0 Å². The zero-order chi connectivity index (χ0) is 16.2. The summed E-state index contributed by atoms with van der Waals surface area (Å²) in [5.74, 6) is 1.39. The van der Waals surface area contributed by atoms with Crippen molar-refractivity contribution >= 4 is 23.6 Å². The van der Waals surface area contributed by atoms with Crippen molar-refractivity contribution in [3.05, 3.63) is 41.2 Å². The molecule has 1 N–H and O–H groups in total. The first-order valence-electron chi connectivity index (χ1n) is 7.70. The molecular weight excluding hydrogens is 312 g/mol. The Morgan fingerprint density at radius 1 is 1.13 bits per heavy atom. The summed E-state index contributed by atoms with van der Waals surface area (Å²) in [6.45, 7) is 2.48. The standard InChI is InChI=1S/C16H18N4O2S/c1-2-13-17-16(19-18-13)23-10-6-5-9-20-14(21)11-7-3-4-8-12(11)15(20)22/h3-4,7-8H,2,5-6,9-10H2,1H3,(H,17,18,19). The first-order valence-corrected chi connectivity index (χ1v) is 8.68. The third-order valence-electron chi connectivity index (χ3n) is 3.73. The van der Waals surface area contributed by atoms with E-state index in [1.54, 1.807) is 36.0 Å². The van der Waals surface area contributed by atoms with Gasteiger partial charge >= 0.3 is 0 Å². The highest BCUT2D eigenvalue weighted by Crippen LogP contribution is 2.23. The van der Waals surface area contributed by atoms with E-state index >= 15 is 0 Å². The number of nitrogens with zero attached hydrogens (tertiary/aromatic N) is 3. The number of rotatable bonds is 7. The molecule has 0 aliphatic carbocycles. The van der Waals surface area contributed by atoms with E-state index in [1.165, 1.54) is 4.90 Å². The number of imide groups is 1. The predicted molar refractivity (Wildman–Crippen MR) is 87.5 cm³/mol. The summed E-state index contributed by atoms with van der Waals surface area (Å²) in [5.41, 5.74) is 1.03. The molecule has 2 amide bonds. The van der Waals surface area contributed by atoms with E-state index in [-0.39, 0.29) is 11.8 Å². The van der Waals surface area contributed by atoms with Gasteiger partial charge in [-0.3, -0.25) is 19.6 Å². The highest BCUT2D eigenvalue weighted by atomic mass is 32.2. The molecule has 2 heterocycles. The second kappa shape index (κ2) is 6.95. The largest absolute Gasteiger partial charge is 0.274 e. The molecule has 0 fully saturated rings. The first kappa shape index (κ1) is 15.7. The molecule has 1 aliphatic rings. The van der Waals surface area contributed by atoms with Crippen LogP contribution in [0.4, 0.5) is 0 Å². The average Bonchev–Trinajstić information content (AvgIpc) is 3.13. The van der Waals surface area contributed by atoms with Gasteiger partial charge in [-0.25, -0.2) is 4.98 Å². The van der Waals surface area contributed by atoms with Crippen LogP contribution in [0.1, 0.15) is 46.3 Å². The number of amides is 2. The number of fused-ring (bicyclic) bond motifs is 1. The number of hydrogen-bond acceptors (Lipinski definition) is 5. The summed E-state index contributed by atoms with van der Waals surface area (Å²) >= 11 is 1.59. The Morgan fingerprint density at radius 3 is 2.43 bits per heavy atom. The lowest BCUT2D eigenvalue weighted by atomic mass is 10.1. The molecule has 0 radical (unpaired) electrons. The van der Waals surface area contributed by atoms with Gasteiger partial charge in [0.25, 0.3) is 11.8 Å². The lowest BCUT2D eigenvalue weighted by molar-refractivity contribution is 0.0652. The monoisotopic (exact) mass is 330 g/mol. The number of hydrogen-bond donors (Lipinski definition) is 1. The van der Waals surface area contributed by atoms with Gasteiger partial charge in [0.05, 0.1) is 11.1 Å². The minimum absolute atomic E-state index is 0.181. The minimum atomic E-state index is -0.181. The van der Waals surface area contributed by atoms with Gasteiger partial charge in [-0.2, -0.15) is 0 Å². The normalized spacial score (nSPS) is 13.7. The topological polar surface area (TPSA) is 79.0 Å². The van der Waals surface area contributed by atoms with Crippen LogP contribution in [0.2, 0.25) is 0 Å². The number of benzene rings is 1. The molecule has 23 heavy (non-hydrogen) atoms. The van der Waals surface area contributed by atoms with E-state index in [0.717, 1.165) is 36.0 Å². The number of unbranched alkanes of at least 4 members (excludes halogenated alkanes) is 1. The molecule has 1 aromatic heterocycles. The zero-order valence-corrected chi connectivity index (χ0v) is 13.7. The molecule has 0 unspecified atom stereocenters. The average molecular weight is 330 g/mol. The van der Waals surface area contributed by atoms with E-state index < -0.39 is 0 Å². The Morgan fingerprint density at radius 2 is 1.83 bits per heavy atom. The molecule has 120 valence electrons. The maximum atomic E-state index is 12.2. The molecule has 3 rings (SSSR count). The number of thioether (sulfide) groups is 1. The lowest BCUT2D eigenvalue weighted by Gasteiger charge is -2.13. The molecule has 7 heteroatoms. The van der Waals surface area contributed by atoms with Crippen LogP contribution in [0, 0.1) is 0 Å². The Kier molecular flexibility index (Phi) is 4.76. The third kappa shape index (κ3) is 3.29. The fourth-order valence-electron chi connectivity index (χ4n) is 2.48. The summed E-state index contributed by atoms with van der Waals surface area (Å²) in [4.78, 5) is 30.1. The number of aryl methyl sites for hydroxylation is 1. The minimum Gasteiger partial charge on any atom is -0.274 e. The third-order valence-corrected chi connectivity index (χ3v) is 4.67. The fourth-order valence-corrected chi connectivity index (χ4v) is 3.29. The van der Waals surface area contributed by atoms with Crippen molar-refractivity contribution in [3.63, 3.8) is 0 Å². The SMILES string of the molecule is CCc1nc(SCCCCN2C(=O)c3ccccc3C2=O)n[nH]1. The maximum Gasteiger partial charge on any atom is 0.261 e. The molecular formula is C16H18N4O2S. The van der Waals surface area contributed by atoms with Crippen LogP contribution in [-0.2, 0) is 6.42 Å². The number of nitrogens with one attached hydrogen (secondary N) is 1. The van der Waals surface area contributed by atoms with Gasteiger partial charge < -0.3 is 0 Å². The summed E-state index contributed by atoms with van der Waals surface area (Å²) < 4.78 is 0. The van der Waals surface area contributed by atoms with Gasteiger partial charge in [0.1, 0.15) is 5.82 Å². The van der Waals surface area contributed by atoms with Gasteiger partial charge in [0.15, 0.2) is 0 Å². The summed E-state index contributed by atoms with van der Waals surface area (Å²) in [6.07, 6.45) is 2.52. The molecule has 0 saturated heterocycles. The molecule has 1 aliphatic heterocycles. The number of H-pyrrole nitrogens is 1. The number of carbonyl (C=O) groups excluding carboxylic acids is 2. The summed E-state index contributed by atoms with van der Waals surface area (Å²) in [5, 5.41) is 7.76. The van der Waals surface area contributed by atoms with Crippen LogP contribution >= 0.6 is 11.8 Å². The number of aromatic nitrogens is 3. The number of carbonyl (C=O) groups is 2. The Bertz CT molecular complexity index is 693. The van der Waals surface area contributed by atoms with Crippen molar-refractivity contribution in [2.75, 3.05) is 12.3 Å². The summed E-state index contributed by atoms with van der Waals surface area (Å²) in [7, 11) is 0. The van der Waals surface area contributed by atoms with Crippen molar-refractivity contribution in [1.29, 1.82) is 0 Å². The number of aromatic amines is 1. The quantitative estimate of drug-likeness (QED) is 0.479. The van der Waals surface area contributed by atoms with Crippen molar-refractivity contribution in [2.45, 2.75) is 31.3 Å². The predicted octanol–water partition coefficient (Wildman–Crippen LogP) is 2.54. The molecule has 0 atom stereocenters. The molecule has 1 aromatic carbocycles. The van der Waals surface area contributed by atoms with E-state index in [0.29, 0.717) is 17.7 Å². The van der Waals surface area contributed by atoms with E-state index in [9.17, 15) is 9.59 Å². The molecule has 0 spiro atoms. The van der Waals surface area contributed by atoms with E-state index in [2.05, 4.69) is 15.2 Å². The van der Waals surface area contributed by atoms with Crippen molar-refractivity contribution in [1.82, 2.24) is 20.1 Å². The summed E-state index contributed by atoms with van der Waals surface area (Å²) in [6, 6.07) is 6.98. The van der Waals surface area contributed by atoms with Gasteiger partial charge in [-0.1, -0.05) is 30.8 Å². The molecule has 6 nitrogen and oxygen atoms in total. The van der Waals surface area contributed by atoms with Crippen molar-refractivity contribution in [3.8, 4) is 0 Å². The smallest absolute Gasteiger partial charge is 0.261 e. The molecule has 2 aromatic rings. The lowest BCUT2D eigenvalue weighted by Crippen LogP contribution is -2.30. The zero-order valence-electron chi connectivity index (χ0n) is 12.9. The van der Waals surface area contributed by atoms with E-state index in [4.69, 9.17) is 0 Å². The molecule has 0 saturated carbocycles.